The second-order valence-corrected chi connectivity index (χ2v) is 4.45. The van der Waals surface area contributed by atoms with Crippen LogP contribution in [0, 0.1) is 6.92 Å². The summed E-state index contributed by atoms with van der Waals surface area (Å²) < 4.78 is 5.33. The summed E-state index contributed by atoms with van der Waals surface area (Å²) in [5, 5.41) is 9.84. The first-order chi connectivity index (χ1) is 9.11. The molecule has 0 fully saturated rings. The molecule has 0 unspecified atom stereocenters. The normalized spacial score (nSPS) is 10.3. The lowest BCUT2D eigenvalue weighted by Crippen LogP contribution is -2.18. The second kappa shape index (κ2) is 5.61. The maximum atomic E-state index is 9.84. The number of aryl methyl sites for hydroxylation is 1. The van der Waals surface area contributed by atoms with Crippen LogP contribution in [0.25, 0.3) is 0 Å². The predicted octanol–water partition coefficient (Wildman–Crippen LogP) is 2.74. The molecule has 2 rings (SSSR count). The number of para-hydroxylation sites is 2. The minimum Gasteiger partial charge on any atom is -0.506 e. The van der Waals surface area contributed by atoms with Crippen LogP contribution < -0.4 is 9.64 Å². The molecule has 1 heterocycles. The van der Waals surface area contributed by atoms with Crippen molar-refractivity contribution >= 4 is 5.69 Å². The molecule has 0 saturated heterocycles. The third-order valence-electron chi connectivity index (χ3n) is 2.97. The SMILES string of the molecule is COc1ccccc1N(C)Cc1nc(C)ccc1O. The number of hydrogen-bond acceptors (Lipinski definition) is 4. The average molecular weight is 258 g/mol. The van der Waals surface area contributed by atoms with Gasteiger partial charge in [-0.3, -0.25) is 4.98 Å². The van der Waals surface area contributed by atoms with Crippen molar-refractivity contribution in [2.45, 2.75) is 13.5 Å². The fourth-order valence-corrected chi connectivity index (χ4v) is 1.97. The lowest BCUT2D eigenvalue weighted by molar-refractivity contribution is 0.414. The van der Waals surface area contributed by atoms with Gasteiger partial charge in [0.2, 0.25) is 0 Å². The number of rotatable bonds is 4. The zero-order valence-electron chi connectivity index (χ0n) is 11.4. The molecule has 0 aliphatic rings. The quantitative estimate of drug-likeness (QED) is 0.916. The molecule has 1 aromatic heterocycles. The molecule has 100 valence electrons. The topological polar surface area (TPSA) is 45.6 Å². The van der Waals surface area contributed by atoms with E-state index in [-0.39, 0.29) is 5.75 Å². The van der Waals surface area contributed by atoms with Crippen molar-refractivity contribution < 1.29 is 9.84 Å². The minimum atomic E-state index is 0.215. The van der Waals surface area contributed by atoms with E-state index < -0.39 is 0 Å². The number of aromatic nitrogens is 1. The van der Waals surface area contributed by atoms with Gasteiger partial charge in [-0.2, -0.15) is 0 Å². The second-order valence-electron chi connectivity index (χ2n) is 4.45. The number of ether oxygens (including phenoxy) is 1. The van der Waals surface area contributed by atoms with Gasteiger partial charge in [-0.25, -0.2) is 0 Å². The zero-order valence-corrected chi connectivity index (χ0v) is 11.4. The summed E-state index contributed by atoms with van der Waals surface area (Å²) in [6.07, 6.45) is 0. The van der Waals surface area contributed by atoms with E-state index in [2.05, 4.69) is 4.98 Å². The maximum absolute atomic E-state index is 9.84. The van der Waals surface area contributed by atoms with Crippen molar-refractivity contribution in [2.24, 2.45) is 0 Å². The summed E-state index contributed by atoms with van der Waals surface area (Å²) in [6, 6.07) is 11.2. The molecule has 0 aliphatic heterocycles. The summed E-state index contributed by atoms with van der Waals surface area (Å²) in [6.45, 7) is 2.43. The van der Waals surface area contributed by atoms with E-state index in [0.29, 0.717) is 12.2 Å². The van der Waals surface area contributed by atoms with Crippen LogP contribution in [-0.2, 0) is 6.54 Å². The van der Waals surface area contributed by atoms with E-state index in [0.717, 1.165) is 17.1 Å². The third-order valence-corrected chi connectivity index (χ3v) is 2.97. The van der Waals surface area contributed by atoms with Gasteiger partial charge < -0.3 is 14.7 Å². The Morgan fingerprint density at radius 3 is 2.68 bits per heavy atom. The van der Waals surface area contributed by atoms with E-state index in [1.54, 1.807) is 19.2 Å². The minimum absolute atomic E-state index is 0.215. The van der Waals surface area contributed by atoms with Gasteiger partial charge in [-0.15, -0.1) is 0 Å². The van der Waals surface area contributed by atoms with Gasteiger partial charge in [0, 0.05) is 12.7 Å². The highest BCUT2D eigenvalue weighted by Crippen LogP contribution is 2.28. The Kier molecular flexibility index (Phi) is 3.90. The maximum Gasteiger partial charge on any atom is 0.142 e. The van der Waals surface area contributed by atoms with Crippen molar-refractivity contribution in [1.29, 1.82) is 0 Å². The lowest BCUT2D eigenvalue weighted by Gasteiger charge is -2.21. The summed E-state index contributed by atoms with van der Waals surface area (Å²) in [7, 11) is 3.59. The van der Waals surface area contributed by atoms with Crippen molar-refractivity contribution in [3.63, 3.8) is 0 Å². The van der Waals surface area contributed by atoms with Crippen LogP contribution in [0.5, 0.6) is 11.5 Å². The van der Waals surface area contributed by atoms with Gasteiger partial charge in [-0.05, 0) is 31.2 Å². The first-order valence-electron chi connectivity index (χ1n) is 6.11. The van der Waals surface area contributed by atoms with E-state index in [1.807, 2.05) is 43.1 Å². The van der Waals surface area contributed by atoms with Crippen LogP contribution in [0.4, 0.5) is 5.69 Å². The van der Waals surface area contributed by atoms with Gasteiger partial charge in [0.15, 0.2) is 0 Å². The molecule has 4 nitrogen and oxygen atoms in total. The fraction of sp³-hybridized carbons (Fsp3) is 0.267. The number of hydrogen-bond donors (Lipinski definition) is 1. The molecular weight excluding hydrogens is 240 g/mol. The van der Waals surface area contributed by atoms with Crippen LogP contribution in [-0.4, -0.2) is 24.2 Å². The van der Waals surface area contributed by atoms with E-state index in [9.17, 15) is 5.11 Å². The van der Waals surface area contributed by atoms with Crippen molar-refractivity contribution in [3.05, 3.63) is 47.8 Å². The van der Waals surface area contributed by atoms with Gasteiger partial charge >= 0.3 is 0 Å². The highest BCUT2D eigenvalue weighted by molar-refractivity contribution is 5.58. The zero-order chi connectivity index (χ0) is 13.8. The van der Waals surface area contributed by atoms with Crippen LogP contribution >= 0.6 is 0 Å². The highest BCUT2D eigenvalue weighted by atomic mass is 16.5. The predicted molar refractivity (Wildman–Crippen MR) is 75.7 cm³/mol. The Bertz CT molecular complexity index is 570. The van der Waals surface area contributed by atoms with Crippen LogP contribution in [0.15, 0.2) is 36.4 Å². The van der Waals surface area contributed by atoms with E-state index in [1.165, 1.54) is 0 Å². The molecule has 0 atom stereocenters. The molecule has 1 aromatic carbocycles. The van der Waals surface area contributed by atoms with Gasteiger partial charge in [-0.1, -0.05) is 12.1 Å². The Morgan fingerprint density at radius 2 is 1.95 bits per heavy atom. The number of nitrogens with zero attached hydrogens (tertiary/aromatic N) is 2. The Hall–Kier alpha value is -2.23. The number of pyridine rings is 1. The number of anilines is 1. The first kappa shape index (κ1) is 13.2. The molecule has 0 saturated carbocycles. The smallest absolute Gasteiger partial charge is 0.142 e. The molecular formula is C15H18N2O2. The monoisotopic (exact) mass is 258 g/mol. The highest BCUT2D eigenvalue weighted by Gasteiger charge is 2.11. The lowest BCUT2D eigenvalue weighted by atomic mass is 10.2. The van der Waals surface area contributed by atoms with Gasteiger partial charge in [0.25, 0.3) is 0 Å². The molecule has 0 spiro atoms. The van der Waals surface area contributed by atoms with Crippen LogP contribution in [0.1, 0.15) is 11.4 Å². The third kappa shape index (κ3) is 2.96. The molecule has 2 aromatic rings. The number of aromatic hydroxyl groups is 1. The van der Waals surface area contributed by atoms with Crippen molar-refractivity contribution in [3.8, 4) is 11.5 Å². The summed E-state index contributed by atoms with van der Waals surface area (Å²) >= 11 is 0. The van der Waals surface area contributed by atoms with Gasteiger partial charge in [0.05, 0.1) is 19.3 Å². The summed E-state index contributed by atoms with van der Waals surface area (Å²) in [5.74, 6) is 1.02. The Labute approximate surface area is 113 Å². The molecule has 4 heteroatoms. The molecule has 0 radical (unpaired) electrons. The molecule has 19 heavy (non-hydrogen) atoms. The van der Waals surface area contributed by atoms with Crippen molar-refractivity contribution in [2.75, 3.05) is 19.1 Å². The summed E-state index contributed by atoms with van der Waals surface area (Å²) in [4.78, 5) is 6.36. The number of methoxy groups -OCH3 is 1. The van der Waals surface area contributed by atoms with Crippen LogP contribution in [0.2, 0.25) is 0 Å². The van der Waals surface area contributed by atoms with Crippen LogP contribution in [0.3, 0.4) is 0 Å². The fourth-order valence-electron chi connectivity index (χ4n) is 1.97. The average Bonchev–Trinajstić information content (AvgIpc) is 2.42. The first-order valence-corrected chi connectivity index (χ1v) is 6.11. The van der Waals surface area contributed by atoms with E-state index in [4.69, 9.17) is 4.74 Å². The molecule has 0 bridgehead atoms. The molecule has 1 N–H and O–H groups in total. The summed E-state index contributed by atoms with van der Waals surface area (Å²) in [5.41, 5.74) is 2.52. The number of benzene rings is 1. The Balaban J connectivity index is 2.25. The van der Waals surface area contributed by atoms with Crippen molar-refractivity contribution in [1.82, 2.24) is 4.98 Å². The largest absolute Gasteiger partial charge is 0.506 e. The van der Waals surface area contributed by atoms with E-state index >= 15 is 0 Å². The Morgan fingerprint density at radius 1 is 1.21 bits per heavy atom. The molecule has 0 amide bonds. The van der Waals surface area contributed by atoms with Gasteiger partial charge in [0.1, 0.15) is 17.2 Å². The standard InChI is InChI=1S/C15H18N2O2/c1-11-8-9-14(18)12(16-11)10-17(2)13-6-4-5-7-15(13)19-3/h4-9,18H,10H2,1-3H3. The molecule has 0 aliphatic carbocycles.